The molecular weight excluding hydrogens is 1520 g/mol. The summed E-state index contributed by atoms with van der Waals surface area (Å²) in [5.74, 6) is 4.75. The average Bonchev–Trinajstić information content (AvgIpc) is 0.945. The molecule has 0 spiro atoms. The van der Waals surface area contributed by atoms with Crippen molar-refractivity contribution in [3.8, 4) is 44.5 Å². The average molecular weight is 1610 g/mol. The quantitative estimate of drug-likeness (QED) is 0.114. The molecule has 0 atom stereocenters. The number of hydrogen-bond donors (Lipinski definition) is 0. The molecular formula is C114H86N4O2S2. The number of fused-ring (bicyclic) bond motifs is 15. The van der Waals surface area contributed by atoms with E-state index in [-0.39, 0.29) is 0 Å². The van der Waals surface area contributed by atoms with Crippen molar-refractivity contribution in [3.63, 3.8) is 0 Å². The summed E-state index contributed by atoms with van der Waals surface area (Å²) in [6, 6.07) is 132. The molecule has 4 fully saturated rings. The number of aromatic nitrogens is 4. The van der Waals surface area contributed by atoms with Gasteiger partial charge in [-0.3, -0.25) is 0 Å². The molecule has 4 aliphatic carbocycles. The molecule has 0 radical (unpaired) electrons. The number of para-hydroxylation sites is 1. The van der Waals surface area contributed by atoms with E-state index < -0.39 is 0 Å². The van der Waals surface area contributed by atoms with Gasteiger partial charge in [-0.25, -0.2) is 19.9 Å². The van der Waals surface area contributed by atoms with E-state index in [0.717, 1.165) is 103 Å². The van der Waals surface area contributed by atoms with Gasteiger partial charge >= 0.3 is 0 Å². The minimum absolute atomic E-state index is 0.493. The van der Waals surface area contributed by atoms with Crippen LogP contribution in [0.3, 0.4) is 0 Å². The number of rotatable bonds is 13. The van der Waals surface area contributed by atoms with E-state index in [1.165, 1.54) is 174 Å². The molecule has 4 bridgehead atoms. The van der Waals surface area contributed by atoms with Crippen molar-refractivity contribution in [2.24, 2.45) is 17.8 Å². The summed E-state index contributed by atoms with van der Waals surface area (Å²) >= 11 is 3.51. The summed E-state index contributed by atoms with van der Waals surface area (Å²) in [7, 11) is 0. The molecule has 8 heteroatoms. The van der Waals surface area contributed by atoms with E-state index in [9.17, 15) is 0 Å². The van der Waals surface area contributed by atoms with Crippen LogP contribution >= 0.6 is 22.7 Å². The summed E-state index contributed by atoms with van der Waals surface area (Å²) < 4.78 is 17.0. The molecule has 6 heterocycles. The Labute approximate surface area is 717 Å². The van der Waals surface area contributed by atoms with Crippen molar-refractivity contribution in [2.45, 2.75) is 69.6 Å². The lowest BCUT2D eigenvalue weighted by Crippen LogP contribution is -2.48. The predicted octanol–water partition coefficient (Wildman–Crippen LogP) is 30.7. The van der Waals surface area contributed by atoms with E-state index in [4.69, 9.17) is 18.8 Å². The largest absolute Gasteiger partial charge is 0.456 e. The SMILES string of the molecule is c1ccc(-c2ccc(Cc3ccc(-c4ccc(C56CC7CC(CC(C7)C5)C6)cc4)cc3)cc2)cc1.c1ccc(-c2ccc(Cc3ncc4sc5ccccc5c4n3)cc2)cc1.c1ccc2c(Cc3ncc4sc5ccccc5c4n3)cccc2c1.c1ccc2c(c1)ccc1oc3ccc(-c4ccc(Cc5ccc6oc7ccccc7c6c5)cc4)cc3c12. The molecule has 0 N–H and O–H groups in total. The molecule has 6 aromatic heterocycles. The van der Waals surface area contributed by atoms with Crippen LogP contribution in [0.15, 0.2) is 391 Å². The molecule has 22 aromatic rings. The van der Waals surface area contributed by atoms with Crippen molar-refractivity contribution >= 4 is 129 Å². The zero-order chi connectivity index (χ0) is 80.9. The zero-order valence-electron chi connectivity index (χ0n) is 67.6. The Bertz CT molecular complexity index is 7540. The molecule has 586 valence electrons. The van der Waals surface area contributed by atoms with E-state index >= 15 is 0 Å². The number of benzene rings is 16. The van der Waals surface area contributed by atoms with Crippen LogP contribution in [0.25, 0.3) is 151 Å². The zero-order valence-corrected chi connectivity index (χ0v) is 69.2. The maximum atomic E-state index is 6.18. The van der Waals surface area contributed by atoms with Gasteiger partial charge in [-0.05, 0) is 228 Å². The van der Waals surface area contributed by atoms with Crippen molar-refractivity contribution < 1.29 is 8.83 Å². The second kappa shape index (κ2) is 32.4. The third-order valence-corrected chi connectivity index (χ3v) is 28.0. The van der Waals surface area contributed by atoms with Gasteiger partial charge in [-0.15, -0.1) is 22.7 Å². The van der Waals surface area contributed by atoms with Gasteiger partial charge in [0.15, 0.2) is 0 Å². The van der Waals surface area contributed by atoms with Gasteiger partial charge < -0.3 is 8.83 Å². The van der Waals surface area contributed by atoms with Crippen molar-refractivity contribution in [1.29, 1.82) is 0 Å². The molecule has 26 rings (SSSR count). The molecule has 0 amide bonds. The number of furan rings is 2. The summed E-state index contributed by atoms with van der Waals surface area (Å²) in [5.41, 5.74) is 25.9. The molecule has 0 saturated heterocycles. The van der Waals surface area contributed by atoms with Crippen LogP contribution in [0.2, 0.25) is 0 Å². The second-order valence-electron chi connectivity index (χ2n) is 33.7. The molecule has 0 unspecified atom stereocenters. The Balaban J connectivity index is 0.0000000987. The van der Waals surface area contributed by atoms with Crippen LogP contribution < -0.4 is 0 Å². The van der Waals surface area contributed by atoms with Gasteiger partial charge in [0.1, 0.15) is 34.0 Å². The molecule has 4 saturated carbocycles. The number of hydrogen-bond acceptors (Lipinski definition) is 8. The highest BCUT2D eigenvalue weighted by Crippen LogP contribution is 2.61. The minimum atomic E-state index is 0.493. The molecule has 6 nitrogen and oxygen atoms in total. The maximum absolute atomic E-state index is 6.18. The molecule has 0 aliphatic heterocycles. The van der Waals surface area contributed by atoms with Gasteiger partial charge in [-0.2, -0.15) is 0 Å². The van der Waals surface area contributed by atoms with E-state index in [1.54, 1.807) is 28.2 Å². The third-order valence-electron chi connectivity index (χ3n) is 25.8. The first-order valence-corrected chi connectivity index (χ1v) is 44.5. The highest BCUT2D eigenvalue weighted by molar-refractivity contribution is 7.26. The van der Waals surface area contributed by atoms with Crippen LogP contribution in [0.5, 0.6) is 0 Å². The summed E-state index contributed by atoms with van der Waals surface area (Å²) in [6.45, 7) is 0. The molecule has 4 aliphatic rings. The second-order valence-corrected chi connectivity index (χ2v) is 35.9. The van der Waals surface area contributed by atoms with Crippen LogP contribution in [0.4, 0.5) is 0 Å². The Morgan fingerprint density at radius 2 is 0.664 bits per heavy atom. The molecule has 122 heavy (non-hydrogen) atoms. The van der Waals surface area contributed by atoms with E-state index in [2.05, 4.69) is 362 Å². The van der Waals surface area contributed by atoms with Crippen LogP contribution in [0, 0.1) is 17.8 Å². The van der Waals surface area contributed by atoms with Crippen LogP contribution in [-0.2, 0) is 31.1 Å². The van der Waals surface area contributed by atoms with E-state index in [0.29, 0.717) is 5.41 Å². The fraction of sp³-hybridized carbons (Fsp3) is 0.123. The summed E-state index contributed by atoms with van der Waals surface area (Å²) in [5, 5.41) is 12.1. The van der Waals surface area contributed by atoms with Gasteiger partial charge in [0, 0.05) is 67.0 Å². The summed E-state index contributed by atoms with van der Waals surface area (Å²) in [6.07, 6.45) is 16.2. The first-order chi connectivity index (χ1) is 60.3. The van der Waals surface area contributed by atoms with Gasteiger partial charge in [-0.1, -0.05) is 322 Å². The maximum Gasteiger partial charge on any atom is 0.136 e. The van der Waals surface area contributed by atoms with Crippen molar-refractivity contribution in [3.05, 3.63) is 433 Å². The predicted molar refractivity (Wildman–Crippen MR) is 511 cm³/mol. The standard InChI is InChI=1S/C35H22O2.C35H34.C23H16N2S.C21H14N2S/c1-2-6-27-25(5-1)14-18-34-35(27)30-21-26(15-17-33(30)37-34)24-12-9-22(10-13-24)19-23-11-16-32-29(20-23)28-7-3-4-8-31(28)36-32;1-2-4-30(5-3-1)31-10-6-25(7-11-31)18-26-8-12-32(13-9-26)33-14-16-34(17-15-33)35-22-27-19-28(23-35)21-29(20-27)24-35;1-2-6-17(7-3-1)18-12-10-16(11-13-18)14-22-24-15-21-23(25-22)19-8-4-5-9-20(19)26-21;1-2-9-16-14(6-1)7-5-8-15(16)12-20-22-13-19-21(23-20)17-10-3-4-11-18(17)24-19/h1-18,20-21H,19H2;1-17,27-29H,18-24H2;1-13,15H,14H2;1-11,13H,12H2. The third kappa shape index (κ3) is 15.1. The smallest absolute Gasteiger partial charge is 0.136 e. The lowest BCUT2D eigenvalue weighted by atomic mass is 9.48. The summed E-state index contributed by atoms with van der Waals surface area (Å²) in [4.78, 5) is 18.9. The number of thiophene rings is 2. The topological polar surface area (TPSA) is 77.8 Å². The van der Waals surface area contributed by atoms with Crippen molar-refractivity contribution in [1.82, 2.24) is 19.9 Å². The first kappa shape index (κ1) is 74.5. The van der Waals surface area contributed by atoms with Crippen molar-refractivity contribution in [2.75, 3.05) is 0 Å². The van der Waals surface area contributed by atoms with Gasteiger partial charge in [0.25, 0.3) is 0 Å². The van der Waals surface area contributed by atoms with Crippen LogP contribution in [0.1, 0.15) is 89.1 Å². The fourth-order valence-corrected chi connectivity index (χ4v) is 22.2. The van der Waals surface area contributed by atoms with Crippen LogP contribution in [-0.4, -0.2) is 19.9 Å². The lowest BCUT2D eigenvalue weighted by molar-refractivity contribution is -0.00518. The highest BCUT2D eigenvalue weighted by atomic mass is 32.1. The molecule has 16 aromatic carbocycles. The lowest BCUT2D eigenvalue weighted by Gasteiger charge is -2.57. The Morgan fingerprint density at radius 1 is 0.270 bits per heavy atom. The Hall–Kier alpha value is -13.8. The Morgan fingerprint density at radius 3 is 1.24 bits per heavy atom. The number of nitrogens with zero attached hydrogens (tertiary/aromatic N) is 4. The fourth-order valence-electron chi connectivity index (χ4n) is 20.1. The Kier molecular flexibility index (Phi) is 19.8. The normalized spacial score (nSPS) is 15.9. The van der Waals surface area contributed by atoms with Gasteiger partial charge in [0.05, 0.1) is 20.4 Å². The highest BCUT2D eigenvalue weighted by Gasteiger charge is 2.51. The van der Waals surface area contributed by atoms with E-state index in [1.807, 2.05) is 30.6 Å². The first-order valence-electron chi connectivity index (χ1n) is 42.8. The minimum Gasteiger partial charge on any atom is -0.456 e. The van der Waals surface area contributed by atoms with Gasteiger partial charge in [0.2, 0.25) is 0 Å². The monoisotopic (exact) mass is 1610 g/mol.